The maximum atomic E-state index is 7.32. The second-order valence-corrected chi connectivity index (χ2v) is 10.2. The van der Waals surface area contributed by atoms with E-state index in [2.05, 4.69) is 73.3 Å². The average molecular weight is 488 g/mol. The van der Waals surface area contributed by atoms with E-state index in [9.17, 15) is 0 Å². The molecule has 2 aromatic carbocycles. The summed E-state index contributed by atoms with van der Waals surface area (Å²) in [7, 11) is 0. The van der Waals surface area contributed by atoms with Gasteiger partial charge in [0.25, 0.3) is 0 Å². The molecule has 4 heteroatoms. The van der Waals surface area contributed by atoms with Gasteiger partial charge in [-0.1, -0.05) is 67.9 Å². The first-order valence-corrected chi connectivity index (χ1v) is 13.3. The summed E-state index contributed by atoms with van der Waals surface area (Å²) in [6, 6.07) is 22.3. The molecule has 0 radical (unpaired) electrons. The van der Waals surface area contributed by atoms with Crippen LogP contribution in [0.1, 0.15) is 75.5 Å². The van der Waals surface area contributed by atoms with Crippen molar-refractivity contribution in [2.75, 3.05) is 13.1 Å². The summed E-state index contributed by atoms with van der Waals surface area (Å²) < 4.78 is 0. The fraction of sp³-hybridized carbons (Fsp3) is 0.552. The Bertz CT molecular complexity index is 806. The summed E-state index contributed by atoms with van der Waals surface area (Å²) in [5.74, 6) is 0.285. The van der Waals surface area contributed by atoms with Gasteiger partial charge >= 0.3 is 0 Å². The van der Waals surface area contributed by atoms with Gasteiger partial charge in [0.2, 0.25) is 0 Å². The molecule has 1 aliphatic rings. The van der Waals surface area contributed by atoms with E-state index in [0.717, 1.165) is 38.6 Å². The van der Waals surface area contributed by atoms with Crippen molar-refractivity contribution in [2.45, 2.75) is 88.4 Å². The third-order valence-corrected chi connectivity index (χ3v) is 7.60. The van der Waals surface area contributed by atoms with Crippen LogP contribution in [-0.2, 0) is 12.8 Å². The molecule has 3 atom stereocenters. The number of hydrogen-bond donors (Lipinski definition) is 0. The highest BCUT2D eigenvalue weighted by atomic mass is 35.5. The Morgan fingerprint density at radius 2 is 1.52 bits per heavy atom. The molecule has 0 N–H and O–H groups in total. The number of rotatable bonds is 10. The molecule has 3 rings (SSSR count). The number of benzene rings is 2. The molecule has 0 spiro atoms. The number of halogens is 2. The lowest BCUT2D eigenvalue weighted by atomic mass is 9.83. The van der Waals surface area contributed by atoms with E-state index < -0.39 is 0 Å². The van der Waals surface area contributed by atoms with Gasteiger partial charge in [0.15, 0.2) is 0 Å². The lowest BCUT2D eigenvalue weighted by Crippen LogP contribution is -2.35. The first kappa shape index (κ1) is 27.7. The smallest absolute Gasteiger partial charge is 0.0587 e. The van der Waals surface area contributed by atoms with E-state index in [4.69, 9.17) is 28.5 Å². The van der Waals surface area contributed by atoms with E-state index in [1.807, 2.05) is 0 Å². The minimum atomic E-state index is 0.166. The van der Waals surface area contributed by atoms with Gasteiger partial charge < -0.3 is 4.90 Å². The van der Waals surface area contributed by atoms with E-state index in [1.54, 1.807) is 6.07 Å². The number of hydrogen-bond acceptors (Lipinski definition) is 2. The zero-order valence-electron chi connectivity index (χ0n) is 20.5. The molecule has 3 unspecified atom stereocenters. The molecule has 0 heterocycles. The van der Waals surface area contributed by atoms with Crippen LogP contribution in [0.4, 0.5) is 0 Å². The lowest BCUT2D eigenvalue weighted by Gasteiger charge is -2.32. The molecule has 2 aromatic rings. The van der Waals surface area contributed by atoms with Crippen LogP contribution in [0.25, 0.3) is 0 Å². The molecule has 0 aromatic heterocycles. The highest BCUT2D eigenvalue weighted by Gasteiger charge is 2.32. The molecular formula is C29H40Cl2N2. The van der Waals surface area contributed by atoms with Crippen molar-refractivity contribution < 1.29 is 0 Å². The number of nitriles is 1. The summed E-state index contributed by atoms with van der Waals surface area (Å²) >= 11 is 13.2. The molecule has 0 aliphatic heterocycles. The summed E-state index contributed by atoms with van der Waals surface area (Å²) in [6.07, 6.45) is 7.93. The van der Waals surface area contributed by atoms with Crippen LogP contribution in [0.15, 0.2) is 54.6 Å². The van der Waals surface area contributed by atoms with Crippen molar-refractivity contribution in [3.8, 4) is 6.07 Å². The average Bonchev–Trinajstić information content (AvgIpc) is 2.82. The van der Waals surface area contributed by atoms with Gasteiger partial charge in [-0.25, -0.2) is 0 Å². The first-order chi connectivity index (χ1) is 16.0. The monoisotopic (exact) mass is 486 g/mol. The van der Waals surface area contributed by atoms with E-state index in [0.29, 0.717) is 6.04 Å². The Labute approximate surface area is 211 Å². The number of aryl methyl sites for hydroxylation is 1. The Morgan fingerprint density at radius 3 is 2.09 bits per heavy atom. The van der Waals surface area contributed by atoms with Crippen LogP contribution in [-0.4, -0.2) is 34.8 Å². The molecule has 33 heavy (non-hydrogen) atoms. The molecule has 0 amide bonds. The molecule has 2 nitrogen and oxygen atoms in total. The van der Waals surface area contributed by atoms with Crippen LogP contribution >= 0.6 is 23.2 Å². The zero-order chi connectivity index (χ0) is 24.1. The maximum Gasteiger partial charge on any atom is 0.0587 e. The second kappa shape index (κ2) is 15.4. The van der Waals surface area contributed by atoms with Gasteiger partial charge in [-0.2, -0.15) is 5.26 Å². The van der Waals surface area contributed by atoms with Gasteiger partial charge in [0, 0.05) is 36.2 Å². The second-order valence-electron chi connectivity index (χ2n) is 9.11. The predicted octanol–water partition coefficient (Wildman–Crippen LogP) is 7.97. The summed E-state index contributed by atoms with van der Waals surface area (Å²) in [5, 5.41) is 7.65. The Kier molecular flexibility index (Phi) is 12.9. The predicted molar refractivity (Wildman–Crippen MR) is 143 cm³/mol. The SMILES string of the molecule is CC#N.CCCN(CCc1ccccc1)C(C)CCc1ccc(C2C(Cl)CCCC2Cl)cc1. The summed E-state index contributed by atoms with van der Waals surface area (Å²) in [6.45, 7) is 8.39. The largest absolute Gasteiger partial charge is 0.300 e. The fourth-order valence-corrected chi connectivity index (χ4v) is 5.76. The minimum Gasteiger partial charge on any atom is -0.300 e. The van der Waals surface area contributed by atoms with Gasteiger partial charge in [0.05, 0.1) is 6.07 Å². The highest BCUT2D eigenvalue weighted by Crippen LogP contribution is 2.39. The van der Waals surface area contributed by atoms with Crippen molar-refractivity contribution >= 4 is 23.2 Å². The van der Waals surface area contributed by atoms with Gasteiger partial charge in [-0.15, -0.1) is 23.2 Å². The van der Waals surface area contributed by atoms with Crippen molar-refractivity contribution in [3.63, 3.8) is 0 Å². The lowest BCUT2D eigenvalue weighted by molar-refractivity contribution is 0.202. The van der Waals surface area contributed by atoms with Crippen molar-refractivity contribution in [1.82, 2.24) is 4.90 Å². The van der Waals surface area contributed by atoms with Crippen molar-refractivity contribution in [2.24, 2.45) is 0 Å². The van der Waals surface area contributed by atoms with E-state index in [-0.39, 0.29) is 16.7 Å². The molecule has 0 bridgehead atoms. The Balaban J connectivity index is 0.00000122. The minimum absolute atomic E-state index is 0.166. The molecular weight excluding hydrogens is 447 g/mol. The maximum absolute atomic E-state index is 7.32. The van der Waals surface area contributed by atoms with Crippen LogP contribution in [0.3, 0.4) is 0 Å². The van der Waals surface area contributed by atoms with Crippen LogP contribution in [0, 0.1) is 11.3 Å². The van der Waals surface area contributed by atoms with Crippen molar-refractivity contribution in [3.05, 3.63) is 71.3 Å². The summed E-state index contributed by atoms with van der Waals surface area (Å²) in [4.78, 5) is 2.65. The molecule has 1 saturated carbocycles. The zero-order valence-corrected chi connectivity index (χ0v) is 22.0. The van der Waals surface area contributed by atoms with Crippen LogP contribution < -0.4 is 0 Å². The quantitative estimate of drug-likeness (QED) is 0.318. The van der Waals surface area contributed by atoms with E-state index in [1.165, 1.54) is 43.0 Å². The molecule has 1 aliphatic carbocycles. The molecule has 180 valence electrons. The molecule has 0 saturated heterocycles. The Hall–Kier alpha value is -1.53. The topological polar surface area (TPSA) is 27.0 Å². The van der Waals surface area contributed by atoms with Crippen LogP contribution in [0.5, 0.6) is 0 Å². The number of alkyl halides is 2. The van der Waals surface area contributed by atoms with Gasteiger partial charge in [-0.3, -0.25) is 0 Å². The third-order valence-electron chi connectivity index (χ3n) is 6.62. The summed E-state index contributed by atoms with van der Waals surface area (Å²) in [5.41, 5.74) is 4.15. The van der Waals surface area contributed by atoms with Crippen LogP contribution in [0.2, 0.25) is 0 Å². The van der Waals surface area contributed by atoms with Gasteiger partial charge in [-0.05, 0) is 68.7 Å². The van der Waals surface area contributed by atoms with Crippen molar-refractivity contribution in [1.29, 1.82) is 5.26 Å². The Morgan fingerprint density at radius 1 is 0.939 bits per heavy atom. The fourth-order valence-electron chi connectivity index (χ4n) is 4.73. The normalized spacial score (nSPS) is 21.1. The number of nitrogens with zero attached hydrogens (tertiary/aromatic N) is 2. The third kappa shape index (κ3) is 9.32. The molecule has 1 fully saturated rings. The standard InChI is InChI=1S/C27H37Cl2N.C2H3N/c1-3-19-30(20-18-22-8-5-4-6-9-22)21(2)12-13-23-14-16-24(17-15-23)27-25(28)10-7-11-26(27)29;1-2-3/h4-6,8-9,14-17,21,25-27H,3,7,10-13,18-20H2,1-2H3;1H3. The highest BCUT2D eigenvalue weighted by molar-refractivity contribution is 6.24. The first-order valence-electron chi connectivity index (χ1n) is 12.5. The van der Waals surface area contributed by atoms with E-state index >= 15 is 0 Å². The van der Waals surface area contributed by atoms with Gasteiger partial charge in [0.1, 0.15) is 0 Å².